The molecule has 1 heterocycles. The Labute approximate surface area is 126 Å². The van der Waals surface area contributed by atoms with Crippen molar-refractivity contribution in [2.45, 2.75) is 76.3 Å². The Bertz CT molecular complexity index is 397. The zero-order valence-corrected chi connectivity index (χ0v) is 13.8. The number of hydrogen-bond acceptors (Lipinski definition) is 3. The molecule has 4 nitrogen and oxygen atoms in total. The molecular weight excluding hydrogens is 272 g/mol. The topological polar surface area (TPSA) is 49.4 Å². The number of thioether (sulfide) groups is 1. The minimum atomic E-state index is -0.765. The highest BCUT2D eigenvalue weighted by molar-refractivity contribution is 7.99. The van der Waals surface area contributed by atoms with Gasteiger partial charge in [0.1, 0.15) is 11.6 Å². The van der Waals surface area contributed by atoms with Gasteiger partial charge in [-0.1, -0.05) is 13.8 Å². The summed E-state index contributed by atoms with van der Waals surface area (Å²) in [5.74, 6) is 1.20. The van der Waals surface area contributed by atoms with Gasteiger partial charge in [0.25, 0.3) is 0 Å². The van der Waals surface area contributed by atoms with Gasteiger partial charge in [-0.3, -0.25) is 9.59 Å². The average molecular weight is 298 g/mol. The van der Waals surface area contributed by atoms with Gasteiger partial charge in [-0.25, -0.2) is 0 Å². The van der Waals surface area contributed by atoms with Crippen molar-refractivity contribution < 1.29 is 9.59 Å². The zero-order valence-electron chi connectivity index (χ0n) is 12.9. The van der Waals surface area contributed by atoms with Crippen molar-refractivity contribution >= 4 is 23.6 Å². The quantitative estimate of drug-likeness (QED) is 0.865. The Hall–Kier alpha value is -0.710. The van der Waals surface area contributed by atoms with E-state index in [0.717, 1.165) is 25.0 Å². The van der Waals surface area contributed by atoms with Gasteiger partial charge < -0.3 is 10.2 Å². The van der Waals surface area contributed by atoms with Gasteiger partial charge in [0, 0.05) is 11.3 Å². The molecule has 3 unspecified atom stereocenters. The predicted octanol–water partition coefficient (Wildman–Crippen LogP) is 2.18. The van der Waals surface area contributed by atoms with Crippen LogP contribution in [0.3, 0.4) is 0 Å². The number of piperazine rings is 1. The molecule has 20 heavy (non-hydrogen) atoms. The summed E-state index contributed by atoms with van der Waals surface area (Å²) in [5, 5.41) is 3.50. The van der Waals surface area contributed by atoms with Crippen LogP contribution in [0, 0.1) is 0 Å². The minimum absolute atomic E-state index is 0.00342. The Morgan fingerprint density at radius 2 is 2.00 bits per heavy atom. The lowest BCUT2D eigenvalue weighted by Gasteiger charge is -2.45. The molecule has 3 atom stereocenters. The summed E-state index contributed by atoms with van der Waals surface area (Å²) in [6.45, 7) is 7.77. The van der Waals surface area contributed by atoms with Gasteiger partial charge in [0.05, 0.1) is 0 Å². The number of amides is 2. The van der Waals surface area contributed by atoms with E-state index in [1.54, 1.807) is 13.8 Å². The molecule has 0 aromatic rings. The first-order valence-corrected chi connectivity index (χ1v) is 8.72. The maximum absolute atomic E-state index is 12.7. The van der Waals surface area contributed by atoms with Crippen LogP contribution in [0.25, 0.3) is 0 Å². The molecule has 5 heteroatoms. The van der Waals surface area contributed by atoms with Crippen LogP contribution in [0.15, 0.2) is 0 Å². The highest BCUT2D eigenvalue weighted by Gasteiger charge is 2.48. The molecule has 0 aromatic carbocycles. The van der Waals surface area contributed by atoms with E-state index < -0.39 is 5.54 Å². The maximum Gasteiger partial charge on any atom is 0.248 e. The van der Waals surface area contributed by atoms with Gasteiger partial charge in [0.15, 0.2) is 0 Å². The van der Waals surface area contributed by atoms with E-state index in [2.05, 4.69) is 12.2 Å². The molecule has 2 aliphatic rings. The first kappa shape index (κ1) is 15.7. The zero-order chi connectivity index (χ0) is 14.9. The molecule has 1 saturated carbocycles. The van der Waals surface area contributed by atoms with Crippen molar-refractivity contribution in [3.8, 4) is 0 Å². The van der Waals surface area contributed by atoms with E-state index in [0.29, 0.717) is 11.7 Å². The van der Waals surface area contributed by atoms with Crippen molar-refractivity contribution in [3.63, 3.8) is 0 Å². The Morgan fingerprint density at radius 1 is 1.30 bits per heavy atom. The molecule has 0 aromatic heterocycles. The summed E-state index contributed by atoms with van der Waals surface area (Å²) >= 11 is 1.98. The SMILES string of the molecule is CCSC1CCC(N2C(=O)C(C)(C)NC(=O)C2CC)C1. The molecule has 0 spiro atoms. The number of carbonyl (C=O) groups excluding carboxylic acids is 2. The lowest BCUT2D eigenvalue weighted by atomic mass is 9.93. The standard InChI is InChI=1S/C15H26N2O2S/c1-5-12-13(18)16-15(3,4)14(19)17(12)10-7-8-11(9-10)20-6-2/h10-12H,5-9H2,1-4H3,(H,16,18). The van der Waals surface area contributed by atoms with E-state index in [1.165, 1.54) is 0 Å². The smallest absolute Gasteiger partial charge is 0.248 e. The van der Waals surface area contributed by atoms with E-state index in [4.69, 9.17) is 0 Å². The van der Waals surface area contributed by atoms with Crippen LogP contribution >= 0.6 is 11.8 Å². The average Bonchev–Trinajstić information content (AvgIpc) is 2.81. The number of carbonyl (C=O) groups is 2. The third-order valence-electron chi connectivity index (χ3n) is 4.38. The van der Waals surface area contributed by atoms with Crippen molar-refractivity contribution in [3.05, 3.63) is 0 Å². The van der Waals surface area contributed by atoms with E-state index in [1.807, 2.05) is 23.6 Å². The normalized spacial score (nSPS) is 33.4. The van der Waals surface area contributed by atoms with Gasteiger partial charge in [-0.15, -0.1) is 0 Å². The number of hydrogen-bond donors (Lipinski definition) is 1. The lowest BCUT2D eigenvalue weighted by molar-refractivity contribution is -0.156. The van der Waals surface area contributed by atoms with Crippen LogP contribution in [0.2, 0.25) is 0 Å². The molecule has 0 radical (unpaired) electrons. The minimum Gasteiger partial charge on any atom is -0.340 e. The summed E-state index contributed by atoms with van der Waals surface area (Å²) in [4.78, 5) is 26.9. The van der Waals surface area contributed by atoms with Gasteiger partial charge in [-0.2, -0.15) is 11.8 Å². The van der Waals surface area contributed by atoms with Crippen molar-refractivity contribution in [1.29, 1.82) is 0 Å². The van der Waals surface area contributed by atoms with E-state index in [9.17, 15) is 9.59 Å². The summed E-state index contributed by atoms with van der Waals surface area (Å²) in [6, 6.07) is -0.0484. The summed E-state index contributed by atoms with van der Waals surface area (Å²) in [6.07, 6.45) is 3.91. The van der Waals surface area contributed by atoms with Crippen LogP contribution in [-0.2, 0) is 9.59 Å². The molecule has 1 N–H and O–H groups in total. The third kappa shape index (κ3) is 2.83. The summed E-state index contributed by atoms with van der Waals surface area (Å²) in [7, 11) is 0. The van der Waals surface area contributed by atoms with E-state index >= 15 is 0 Å². The predicted molar refractivity (Wildman–Crippen MR) is 82.7 cm³/mol. The van der Waals surface area contributed by atoms with Crippen LogP contribution in [-0.4, -0.2) is 45.3 Å². The van der Waals surface area contributed by atoms with E-state index in [-0.39, 0.29) is 23.9 Å². The molecule has 0 bridgehead atoms. The van der Waals surface area contributed by atoms with Crippen molar-refractivity contribution in [1.82, 2.24) is 10.2 Å². The Morgan fingerprint density at radius 3 is 2.60 bits per heavy atom. The fourth-order valence-electron chi connectivity index (χ4n) is 3.39. The molecule has 1 aliphatic carbocycles. The molecule has 1 saturated heterocycles. The van der Waals surface area contributed by atoms with Crippen molar-refractivity contribution in [2.75, 3.05) is 5.75 Å². The molecule has 2 rings (SSSR count). The van der Waals surface area contributed by atoms with Crippen LogP contribution in [0.4, 0.5) is 0 Å². The van der Waals surface area contributed by atoms with Gasteiger partial charge in [-0.05, 0) is 45.3 Å². The number of nitrogens with zero attached hydrogens (tertiary/aromatic N) is 1. The first-order valence-electron chi connectivity index (χ1n) is 7.67. The molecular formula is C15H26N2O2S. The molecule has 2 amide bonds. The fraction of sp³-hybridized carbons (Fsp3) is 0.867. The Kier molecular flexibility index (Phi) is 4.67. The summed E-state index contributed by atoms with van der Waals surface area (Å²) < 4.78 is 0. The number of nitrogens with one attached hydrogen (secondary N) is 1. The van der Waals surface area contributed by atoms with Crippen LogP contribution < -0.4 is 5.32 Å². The Balaban J connectivity index is 2.18. The van der Waals surface area contributed by atoms with Crippen LogP contribution in [0.5, 0.6) is 0 Å². The van der Waals surface area contributed by atoms with Crippen LogP contribution in [0.1, 0.15) is 53.4 Å². The van der Waals surface area contributed by atoms with Crippen molar-refractivity contribution in [2.24, 2.45) is 0 Å². The maximum atomic E-state index is 12.7. The second kappa shape index (κ2) is 5.96. The first-order chi connectivity index (χ1) is 9.40. The van der Waals surface area contributed by atoms with Gasteiger partial charge >= 0.3 is 0 Å². The second-order valence-electron chi connectivity index (χ2n) is 6.29. The third-order valence-corrected chi connectivity index (χ3v) is 5.62. The molecule has 2 fully saturated rings. The fourth-order valence-corrected chi connectivity index (χ4v) is 4.53. The number of rotatable bonds is 4. The highest BCUT2D eigenvalue weighted by atomic mass is 32.2. The molecule has 1 aliphatic heterocycles. The largest absolute Gasteiger partial charge is 0.340 e. The van der Waals surface area contributed by atoms with Gasteiger partial charge in [0.2, 0.25) is 11.8 Å². The monoisotopic (exact) mass is 298 g/mol. The summed E-state index contributed by atoms with van der Waals surface area (Å²) in [5.41, 5.74) is -0.765. The molecule has 114 valence electrons. The highest BCUT2D eigenvalue weighted by Crippen LogP contribution is 2.36. The second-order valence-corrected chi connectivity index (χ2v) is 7.87. The lowest BCUT2D eigenvalue weighted by Crippen LogP contribution is -2.69.